The number of hydrogen-bond acceptors (Lipinski definition) is 5. The van der Waals surface area contributed by atoms with Gasteiger partial charge in [-0.15, -0.1) is 11.3 Å². The fraction of sp³-hybridized carbons (Fsp3) is 0.185. The molecule has 0 bridgehead atoms. The summed E-state index contributed by atoms with van der Waals surface area (Å²) < 4.78 is 0. The fourth-order valence-corrected chi connectivity index (χ4v) is 5.38. The number of hydrogen-bond donors (Lipinski definition) is 2. The van der Waals surface area contributed by atoms with Crippen molar-refractivity contribution in [1.29, 1.82) is 0 Å². The van der Waals surface area contributed by atoms with E-state index in [1.54, 1.807) is 12.1 Å². The maximum atomic E-state index is 13.4. The summed E-state index contributed by atoms with van der Waals surface area (Å²) in [5.41, 5.74) is 4.78. The number of thiophene rings is 1. The molecule has 9 heteroatoms. The second-order valence-electron chi connectivity index (χ2n) is 8.72. The van der Waals surface area contributed by atoms with Gasteiger partial charge in [0.1, 0.15) is 0 Å². The number of carboxylic acid groups (broad SMARTS) is 1. The number of H-pyrrole nitrogens is 1. The molecule has 0 radical (unpaired) electrons. The van der Waals surface area contributed by atoms with Crippen molar-refractivity contribution >= 4 is 51.4 Å². The molecule has 0 spiro atoms. The molecule has 182 valence electrons. The first-order valence-electron chi connectivity index (χ1n) is 11.4. The average molecular weight is 520 g/mol. The van der Waals surface area contributed by atoms with Gasteiger partial charge >= 0.3 is 5.97 Å². The van der Waals surface area contributed by atoms with E-state index in [-0.39, 0.29) is 18.4 Å². The van der Waals surface area contributed by atoms with Crippen molar-refractivity contribution in [1.82, 2.24) is 9.99 Å². The zero-order valence-corrected chi connectivity index (χ0v) is 20.9. The first-order valence-corrected chi connectivity index (χ1v) is 12.7. The quantitative estimate of drug-likeness (QED) is 0.338. The van der Waals surface area contributed by atoms with Crippen LogP contribution < -0.4 is 5.56 Å². The van der Waals surface area contributed by atoms with E-state index < -0.39 is 17.9 Å². The number of halogens is 1. The number of aromatic nitrogens is 1. The first-order chi connectivity index (χ1) is 17.3. The molecule has 2 aromatic carbocycles. The van der Waals surface area contributed by atoms with E-state index >= 15 is 0 Å². The van der Waals surface area contributed by atoms with Crippen LogP contribution in [0.5, 0.6) is 0 Å². The van der Waals surface area contributed by atoms with Crippen molar-refractivity contribution in [3.05, 3.63) is 91.4 Å². The Morgan fingerprint density at radius 1 is 1.08 bits per heavy atom. The molecule has 7 nitrogen and oxygen atoms in total. The van der Waals surface area contributed by atoms with Crippen molar-refractivity contribution in [2.45, 2.75) is 32.2 Å². The van der Waals surface area contributed by atoms with Crippen LogP contribution in [0.1, 0.15) is 42.0 Å². The number of amides is 1. The lowest BCUT2D eigenvalue weighted by Gasteiger charge is -2.22. The van der Waals surface area contributed by atoms with Crippen LogP contribution in [0.4, 0.5) is 0 Å². The minimum atomic E-state index is -1.05. The number of fused-ring (bicyclic) bond motifs is 1. The van der Waals surface area contributed by atoms with Gasteiger partial charge in [-0.05, 0) is 30.2 Å². The van der Waals surface area contributed by atoms with E-state index in [2.05, 4.69) is 10.1 Å². The predicted octanol–water partition coefficient (Wildman–Crippen LogP) is 5.76. The van der Waals surface area contributed by atoms with Crippen LogP contribution in [0, 0.1) is 6.92 Å². The molecular weight excluding hydrogens is 498 g/mol. The average Bonchev–Trinajstić information content (AvgIpc) is 3.50. The first kappa shape index (κ1) is 24.0. The van der Waals surface area contributed by atoms with E-state index in [1.807, 2.05) is 54.1 Å². The monoisotopic (exact) mass is 519 g/mol. The maximum absolute atomic E-state index is 13.4. The highest BCUT2D eigenvalue weighted by molar-refractivity contribution is 7.09. The Labute approximate surface area is 215 Å². The highest BCUT2D eigenvalue weighted by Gasteiger charge is 2.35. The summed E-state index contributed by atoms with van der Waals surface area (Å²) >= 11 is 7.60. The predicted molar refractivity (Wildman–Crippen MR) is 142 cm³/mol. The number of carbonyl (C=O) groups is 2. The number of aromatic amines is 1. The Hall–Kier alpha value is -3.75. The molecule has 4 aromatic rings. The molecule has 0 fully saturated rings. The topological polar surface area (TPSA) is 103 Å². The summed E-state index contributed by atoms with van der Waals surface area (Å²) in [6.45, 7) is 1.98. The minimum absolute atomic E-state index is 0.182. The molecule has 0 saturated heterocycles. The number of nitrogens with one attached hydrogen (secondary N) is 1. The van der Waals surface area contributed by atoms with Crippen molar-refractivity contribution in [3.8, 4) is 11.1 Å². The maximum Gasteiger partial charge on any atom is 0.303 e. The lowest BCUT2D eigenvalue weighted by molar-refractivity contribution is -0.141. The number of aryl methyl sites for hydroxylation is 1. The zero-order valence-electron chi connectivity index (χ0n) is 19.3. The highest BCUT2D eigenvalue weighted by Crippen LogP contribution is 2.38. The summed E-state index contributed by atoms with van der Waals surface area (Å²) in [7, 11) is 0. The van der Waals surface area contributed by atoms with Gasteiger partial charge in [-0.3, -0.25) is 14.4 Å². The van der Waals surface area contributed by atoms with Gasteiger partial charge in [-0.2, -0.15) is 5.10 Å². The van der Waals surface area contributed by atoms with Crippen LogP contribution in [0.2, 0.25) is 5.02 Å². The summed E-state index contributed by atoms with van der Waals surface area (Å²) in [6, 6.07) is 14.6. The molecular formula is C27H22ClN3O4S. The third-order valence-electron chi connectivity index (χ3n) is 6.26. The molecule has 1 atom stereocenters. The van der Waals surface area contributed by atoms with Gasteiger partial charge in [-0.1, -0.05) is 53.6 Å². The second-order valence-corrected chi connectivity index (χ2v) is 9.90. The molecule has 5 rings (SSSR count). The van der Waals surface area contributed by atoms with E-state index in [4.69, 9.17) is 16.7 Å². The third-order valence-corrected chi connectivity index (χ3v) is 7.25. The third kappa shape index (κ3) is 4.57. The van der Waals surface area contributed by atoms with E-state index in [0.29, 0.717) is 22.7 Å². The number of rotatable bonds is 6. The summed E-state index contributed by atoms with van der Waals surface area (Å²) in [4.78, 5) is 40.6. The minimum Gasteiger partial charge on any atom is -0.481 e. The van der Waals surface area contributed by atoms with Gasteiger partial charge in [0, 0.05) is 39.6 Å². The van der Waals surface area contributed by atoms with Crippen LogP contribution in [-0.4, -0.2) is 32.7 Å². The second kappa shape index (κ2) is 9.72. The van der Waals surface area contributed by atoms with E-state index in [0.717, 1.165) is 33.2 Å². The molecule has 3 heterocycles. The van der Waals surface area contributed by atoms with Crippen molar-refractivity contribution in [3.63, 3.8) is 0 Å². The standard InChI is InChI=1S/C27H22ClN3O4S/c1-15-2-4-16(5-3-15)22-12-20(30-31(22)23(32)10-11-24(33)34)26-25(17-6-8-18(28)9-7-17)19-13-36-14-21(19)29-27(26)35/h2-9,13-14,22H,10-12H2,1H3,(H,29,35)(H,33,34). The highest BCUT2D eigenvalue weighted by atomic mass is 35.5. The molecule has 1 amide bonds. The Bertz CT molecular complexity index is 1550. The number of pyridine rings is 1. The van der Waals surface area contributed by atoms with Crippen LogP contribution >= 0.6 is 22.9 Å². The summed E-state index contributed by atoms with van der Waals surface area (Å²) in [5, 5.41) is 20.4. The molecule has 2 N–H and O–H groups in total. The van der Waals surface area contributed by atoms with Crippen LogP contribution in [-0.2, 0) is 9.59 Å². The molecule has 1 unspecified atom stereocenters. The number of benzene rings is 2. The van der Waals surface area contributed by atoms with Crippen molar-refractivity contribution < 1.29 is 14.7 Å². The summed E-state index contributed by atoms with van der Waals surface area (Å²) in [6.07, 6.45) is -0.155. The molecule has 1 aliphatic rings. The largest absolute Gasteiger partial charge is 0.481 e. The SMILES string of the molecule is Cc1ccc(C2CC(c3c(-c4ccc(Cl)cc4)c4cscc4[nH]c3=O)=NN2C(=O)CCC(=O)O)cc1. The Kier molecular flexibility index (Phi) is 6.47. The van der Waals surface area contributed by atoms with Gasteiger partial charge in [0.05, 0.1) is 29.3 Å². The van der Waals surface area contributed by atoms with E-state index in [1.165, 1.54) is 16.3 Å². The van der Waals surface area contributed by atoms with Crippen molar-refractivity contribution in [2.75, 3.05) is 0 Å². The number of hydrazone groups is 1. The normalized spacial score (nSPS) is 15.3. The smallest absolute Gasteiger partial charge is 0.303 e. The van der Waals surface area contributed by atoms with Crippen LogP contribution in [0.3, 0.4) is 0 Å². The molecule has 36 heavy (non-hydrogen) atoms. The Balaban J connectivity index is 1.66. The zero-order chi connectivity index (χ0) is 25.4. The van der Waals surface area contributed by atoms with Crippen molar-refractivity contribution in [2.24, 2.45) is 5.10 Å². The van der Waals surface area contributed by atoms with Crippen LogP contribution in [0.15, 0.2) is 69.2 Å². The van der Waals surface area contributed by atoms with Gasteiger partial charge in [-0.25, -0.2) is 5.01 Å². The Morgan fingerprint density at radius 3 is 2.50 bits per heavy atom. The number of carboxylic acids is 1. The molecule has 2 aromatic heterocycles. The lowest BCUT2D eigenvalue weighted by atomic mass is 9.92. The number of carbonyl (C=O) groups excluding carboxylic acids is 1. The number of nitrogens with zero attached hydrogens (tertiary/aromatic N) is 2. The van der Waals surface area contributed by atoms with Gasteiger partial charge in [0.15, 0.2) is 0 Å². The van der Waals surface area contributed by atoms with Gasteiger partial charge in [0.25, 0.3) is 5.56 Å². The van der Waals surface area contributed by atoms with Gasteiger partial charge in [0.2, 0.25) is 5.91 Å². The Morgan fingerprint density at radius 2 is 1.81 bits per heavy atom. The van der Waals surface area contributed by atoms with Crippen LogP contribution in [0.25, 0.3) is 22.0 Å². The van der Waals surface area contributed by atoms with E-state index in [9.17, 15) is 14.4 Å². The fourth-order valence-electron chi connectivity index (χ4n) is 4.48. The molecule has 0 saturated carbocycles. The number of aliphatic carboxylic acids is 1. The molecule has 0 aliphatic carbocycles. The van der Waals surface area contributed by atoms with Gasteiger partial charge < -0.3 is 10.1 Å². The lowest BCUT2D eigenvalue weighted by Crippen LogP contribution is -2.27. The molecule has 1 aliphatic heterocycles. The summed E-state index contributed by atoms with van der Waals surface area (Å²) in [5.74, 6) is -1.46.